The number of rotatable bonds is 5. The molecular weight excluding hydrogens is 301 g/mol. The molecule has 118 valence electrons. The van der Waals surface area contributed by atoms with Crippen LogP contribution in [0.2, 0.25) is 0 Å². The van der Waals surface area contributed by atoms with Crippen LogP contribution >= 0.6 is 0 Å². The van der Waals surface area contributed by atoms with Crippen molar-refractivity contribution < 1.29 is 12.8 Å². The molecule has 3 nitrogen and oxygen atoms in total. The first-order valence-corrected chi connectivity index (χ1v) is 8.92. The van der Waals surface area contributed by atoms with Crippen molar-refractivity contribution in [2.24, 2.45) is 0 Å². The number of halogens is 1. The van der Waals surface area contributed by atoms with Gasteiger partial charge in [-0.25, -0.2) is 12.8 Å². The highest BCUT2D eigenvalue weighted by atomic mass is 32.2. The van der Waals surface area contributed by atoms with Gasteiger partial charge in [-0.05, 0) is 37.7 Å². The third-order valence-electron chi connectivity index (χ3n) is 3.83. The molecule has 2 aromatic carbocycles. The molecule has 0 saturated heterocycles. The van der Waals surface area contributed by atoms with E-state index in [1.54, 1.807) is 36.4 Å². The summed E-state index contributed by atoms with van der Waals surface area (Å²) >= 11 is 0. The molecule has 0 fully saturated rings. The molecule has 5 heteroatoms. The van der Waals surface area contributed by atoms with Crippen molar-refractivity contribution in [3.63, 3.8) is 0 Å². The smallest absolute Gasteiger partial charge is 0.175 e. The van der Waals surface area contributed by atoms with Gasteiger partial charge in [0.1, 0.15) is 5.82 Å². The van der Waals surface area contributed by atoms with E-state index in [1.807, 2.05) is 24.9 Å². The largest absolute Gasteiger partial charge is 0.295 e. The van der Waals surface area contributed by atoms with Gasteiger partial charge in [0.2, 0.25) is 0 Å². The first kappa shape index (κ1) is 16.6. The Kier molecular flexibility index (Phi) is 4.98. The Morgan fingerprint density at radius 1 is 1.09 bits per heavy atom. The number of nitrogens with zero attached hydrogens (tertiary/aromatic N) is 1. The predicted molar refractivity (Wildman–Crippen MR) is 85.8 cm³/mol. The molecular formula is C17H20FNO2S. The summed E-state index contributed by atoms with van der Waals surface area (Å²) in [7, 11) is -1.26. The standard InChI is InChI=1S/C17H20FNO2S/c1-13(14-8-10-16(11-9-14)22(3,20)21)19(2)12-15-6-4-5-7-17(15)18/h4-11,13H,12H2,1-3H3/t13-/m0/s1. The Hall–Kier alpha value is -1.72. The quantitative estimate of drug-likeness (QED) is 0.847. The maximum absolute atomic E-state index is 13.7. The van der Waals surface area contributed by atoms with Crippen LogP contribution in [0.4, 0.5) is 4.39 Å². The first-order chi connectivity index (χ1) is 10.3. The van der Waals surface area contributed by atoms with Gasteiger partial charge >= 0.3 is 0 Å². The van der Waals surface area contributed by atoms with Crippen molar-refractivity contribution in [3.05, 3.63) is 65.5 Å². The number of sulfone groups is 1. The van der Waals surface area contributed by atoms with Crippen LogP contribution in [0.3, 0.4) is 0 Å². The highest BCUT2D eigenvalue weighted by molar-refractivity contribution is 7.90. The van der Waals surface area contributed by atoms with Crippen molar-refractivity contribution in [3.8, 4) is 0 Å². The van der Waals surface area contributed by atoms with Crippen molar-refractivity contribution in [2.45, 2.75) is 24.4 Å². The fourth-order valence-corrected chi connectivity index (χ4v) is 2.91. The van der Waals surface area contributed by atoms with E-state index >= 15 is 0 Å². The lowest BCUT2D eigenvalue weighted by Gasteiger charge is -2.25. The molecule has 0 bridgehead atoms. The van der Waals surface area contributed by atoms with Crippen molar-refractivity contribution in [1.82, 2.24) is 4.90 Å². The molecule has 2 aromatic rings. The second-order valence-electron chi connectivity index (χ2n) is 5.52. The van der Waals surface area contributed by atoms with Gasteiger partial charge in [-0.2, -0.15) is 0 Å². The predicted octanol–water partition coefficient (Wildman–Crippen LogP) is 3.42. The van der Waals surface area contributed by atoms with Gasteiger partial charge in [0, 0.05) is 24.4 Å². The number of hydrogen-bond acceptors (Lipinski definition) is 3. The molecule has 0 spiro atoms. The SMILES string of the molecule is C[C@@H](c1ccc(S(C)(=O)=O)cc1)N(C)Cc1ccccc1F. The zero-order chi connectivity index (χ0) is 16.3. The number of hydrogen-bond donors (Lipinski definition) is 0. The van der Waals surface area contributed by atoms with E-state index in [4.69, 9.17) is 0 Å². The molecule has 2 rings (SSSR count). The lowest BCUT2D eigenvalue weighted by molar-refractivity contribution is 0.249. The molecule has 0 amide bonds. The summed E-state index contributed by atoms with van der Waals surface area (Å²) in [6.45, 7) is 2.50. The van der Waals surface area contributed by atoms with Crippen LogP contribution in [0, 0.1) is 5.82 Å². The minimum Gasteiger partial charge on any atom is -0.295 e. The highest BCUT2D eigenvalue weighted by Crippen LogP contribution is 2.23. The van der Waals surface area contributed by atoms with Crippen LogP contribution in [0.5, 0.6) is 0 Å². The molecule has 0 aliphatic carbocycles. The van der Waals surface area contributed by atoms with Gasteiger partial charge in [0.15, 0.2) is 9.84 Å². The summed E-state index contributed by atoms with van der Waals surface area (Å²) in [4.78, 5) is 2.33. The van der Waals surface area contributed by atoms with Crippen LogP contribution in [0.15, 0.2) is 53.4 Å². The Bertz CT molecular complexity index is 742. The monoisotopic (exact) mass is 321 g/mol. The molecule has 0 radical (unpaired) electrons. The van der Waals surface area contributed by atoms with Crippen LogP contribution in [-0.4, -0.2) is 26.6 Å². The fourth-order valence-electron chi connectivity index (χ4n) is 2.28. The third-order valence-corrected chi connectivity index (χ3v) is 4.96. The first-order valence-electron chi connectivity index (χ1n) is 7.02. The van der Waals surface area contributed by atoms with E-state index in [2.05, 4.69) is 0 Å². The van der Waals surface area contributed by atoms with Gasteiger partial charge in [0.05, 0.1) is 4.90 Å². The van der Waals surface area contributed by atoms with Crippen LogP contribution < -0.4 is 0 Å². The average Bonchev–Trinajstić information content (AvgIpc) is 2.48. The van der Waals surface area contributed by atoms with Crippen LogP contribution in [-0.2, 0) is 16.4 Å². The maximum Gasteiger partial charge on any atom is 0.175 e. The van der Waals surface area contributed by atoms with E-state index in [0.717, 1.165) is 5.56 Å². The van der Waals surface area contributed by atoms with Gasteiger partial charge in [-0.1, -0.05) is 30.3 Å². The van der Waals surface area contributed by atoms with Gasteiger partial charge in [0.25, 0.3) is 0 Å². The van der Waals surface area contributed by atoms with E-state index < -0.39 is 9.84 Å². The Morgan fingerprint density at radius 2 is 1.68 bits per heavy atom. The lowest BCUT2D eigenvalue weighted by Crippen LogP contribution is -2.22. The van der Waals surface area contributed by atoms with Crippen LogP contribution in [0.1, 0.15) is 24.1 Å². The molecule has 1 atom stereocenters. The molecule has 0 N–H and O–H groups in total. The van der Waals surface area contributed by atoms with E-state index in [9.17, 15) is 12.8 Å². The zero-order valence-electron chi connectivity index (χ0n) is 13.0. The van der Waals surface area contributed by atoms with Crippen molar-refractivity contribution >= 4 is 9.84 Å². The molecule has 0 saturated carbocycles. The van der Waals surface area contributed by atoms with Gasteiger partial charge in [-0.15, -0.1) is 0 Å². The second kappa shape index (κ2) is 6.58. The van der Waals surface area contributed by atoms with E-state index in [1.165, 1.54) is 12.3 Å². The number of benzene rings is 2. The van der Waals surface area contributed by atoms with E-state index in [-0.39, 0.29) is 11.9 Å². The average molecular weight is 321 g/mol. The molecule has 0 aromatic heterocycles. The minimum absolute atomic E-state index is 0.0493. The Labute approximate surface area is 131 Å². The van der Waals surface area contributed by atoms with Gasteiger partial charge < -0.3 is 0 Å². The van der Waals surface area contributed by atoms with Crippen LogP contribution in [0.25, 0.3) is 0 Å². The van der Waals surface area contributed by atoms with Gasteiger partial charge in [-0.3, -0.25) is 4.90 Å². The Morgan fingerprint density at radius 3 is 2.23 bits per heavy atom. The second-order valence-corrected chi connectivity index (χ2v) is 7.54. The topological polar surface area (TPSA) is 37.4 Å². The summed E-state index contributed by atoms with van der Waals surface area (Å²) in [5, 5.41) is 0. The fraction of sp³-hybridized carbons (Fsp3) is 0.294. The summed E-state index contributed by atoms with van der Waals surface area (Å²) in [5.41, 5.74) is 1.64. The summed E-state index contributed by atoms with van der Waals surface area (Å²) in [6, 6.07) is 13.6. The third kappa shape index (κ3) is 3.93. The van der Waals surface area contributed by atoms with Crippen molar-refractivity contribution in [2.75, 3.05) is 13.3 Å². The summed E-state index contributed by atoms with van der Waals surface area (Å²) in [6.07, 6.45) is 1.19. The minimum atomic E-state index is -3.18. The molecule has 0 aliphatic heterocycles. The molecule has 0 aliphatic rings. The molecule has 0 heterocycles. The molecule has 22 heavy (non-hydrogen) atoms. The maximum atomic E-state index is 13.7. The van der Waals surface area contributed by atoms with E-state index in [0.29, 0.717) is 17.0 Å². The summed E-state index contributed by atoms with van der Waals surface area (Å²) in [5.74, 6) is -0.214. The molecule has 0 unspecified atom stereocenters. The zero-order valence-corrected chi connectivity index (χ0v) is 13.8. The lowest BCUT2D eigenvalue weighted by atomic mass is 10.1. The Balaban J connectivity index is 2.14. The summed E-state index contributed by atoms with van der Waals surface area (Å²) < 4.78 is 36.7. The van der Waals surface area contributed by atoms with Crippen molar-refractivity contribution in [1.29, 1.82) is 0 Å². The highest BCUT2D eigenvalue weighted by Gasteiger charge is 2.15. The normalized spacial score (nSPS) is 13.3.